The van der Waals surface area contributed by atoms with Gasteiger partial charge in [0, 0.05) is 6.20 Å². The third-order valence-electron chi connectivity index (χ3n) is 2.62. The molecule has 0 radical (unpaired) electrons. The molecule has 0 fully saturated rings. The zero-order valence-corrected chi connectivity index (χ0v) is 11.9. The van der Waals surface area contributed by atoms with E-state index in [2.05, 4.69) is 9.72 Å². The fourth-order valence-corrected chi connectivity index (χ4v) is 2.34. The lowest BCUT2D eigenvalue weighted by atomic mass is 10.2. The van der Waals surface area contributed by atoms with Crippen molar-refractivity contribution in [2.75, 3.05) is 7.11 Å². The normalized spacial score (nSPS) is 10.5. The van der Waals surface area contributed by atoms with Crippen LogP contribution in [-0.2, 0) is 10.5 Å². The molecule has 5 heteroatoms. The zero-order valence-electron chi connectivity index (χ0n) is 11.1. The maximum Gasteiger partial charge on any atom is 0.341 e. The molecule has 0 aliphatic carbocycles. The van der Waals surface area contributed by atoms with Crippen LogP contribution in [0.2, 0.25) is 0 Å². The highest BCUT2D eigenvalue weighted by Crippen LogP contribution is 2.24. The molecule has 0 aliphatic heterocycles. The predicted octanol–water partition coefficient (Wildman–Crippen LogP) is 3.37. The SMILES string of the molecule is COC(=O)c1cc(CSc2ccc(C)cn2)oc1C. The van der Waals surface area contributed by atoms with Crippen molar-refractivity contribution < 1.29 is 13.9 Å². The van der Waals surface area contributed by atoms with Gasteiger partial charge >= 0.3 is 5.97 Å². The predicted molar refractivity (Wildman–Crippen MR) is 73.3 cm³/mol. The molecule has 0 amide bonds. The largest absolute Gasteiger partial charge is 0.465 e. The summed E-state index contributed by atoms with van der Waals surface area (Å²) in [5, 5.41) is 0.930. The van der Waals surface area contributed by atoms with E-state index in [-0.39, 0.29) is 5.97 Å². The number of thioether (sulfide) groups is 1. The molecule has 2 heterocycles. The molecule has 0 saturated carbocycles. The van der Waals surface area contributed by atoms with Crippen LogP contribution in [0.4, 0.5) is 0 Å². The molecular formula is C14H15NO3S. The van der Waals surface area contributed by atoms with Crippen molar-refractivity contribution >= 4 is 17.7 Å². The average Bonchev–Trinajstić information content (AvgIpc) is 2.78. The summed E-state index contributed by atoms with van der Waals surface area (Å²) in [6, 6.07) is 5.71. The Hall–Kier alpha value is -1.75. The van der Waals surface area contributed by atoms with Gasteiger partial charge in [-0.05, 0) is 31.5 Å². The lowest BCUT2D eigenvalue weighted by Gasteiger charge is -1.98. The van der Waals surface area contributed by atoms with E-state index in [1.54, 1.807) is 24.8 Å². The van der Waals surface area contributed by atoms with E-state index < -0.39 is 0 Å². The summed E-state index contributed by atoms with van der Waals surface area (Å²) in [5.74, 6) is 1.59. The van der Waals surface area contributed by atoms with Crippen LogP contribution in [0.5, 0.6) is 0 Å². The Morgan fingerprint density at radius 2 is 2.21 bits per heavy atom. The maximum atomic E-state index is 11.5. The highest BCUT2D eigenvalue weighted by molar-refractivity contribution is 7.98. The van der Waals surface area contributed by atoms with Gasteiger partial charge in [-0.1, -0.05) is 17.8 Å². The summed E-state index contributed by atoms with van der Waals surface area (Å²) in [7, 11) is 1.36. The number of carbonyl (C=O) groups is 1. The highest BCUT2D eigenvalue weighted by atomic mass is 32.2. The van der Waals surface area contributed by atoms with Gasteiger partial charge in [-0.15, -0.1) is 0 Å². The molecule has 0 aliphatic rings. The van der Waals surface area contributed by atoms with Gasteiger partial charge in [-0.3, -0.25) is 0 Å². The Morgan fingerprint density at radius 1 is 1.42 bits per heavy atom. The van der Waals surface area contributed by atoms with Crippen molar-refractivity contribution in [1.82, 2.24) is 4.98 Å². The number of esters is 1. The molecule has 4 nitrogen and oxygen atoms in total. The third kappa shape index (κ3) is 3.38. The number of rotatable bonds is 4. The van der Waals surface area contributed by atoms with Gasteiger partial charge in [0.15, 0.2) is 0 Å². The number of aryl methyl sites for hydroxylation is 2. The number of hydrogen-bond acceptors (Lipinski definition) is 5. The zero-order chi connectivity index (χ0) is 13.8. The van der Waals surface area contributed by atoms with Crippen molar-refractivity contribution in [1.29, 1.82) is 0 Å². The molecule has 0 saturated heterocycles. The summed E-state index contributed by atoms with van der Waals surface area (Å²) < 4.78 is 10.2. The summed E-state index contributed by atoms with van der Waals surface area (Å²) in [6.07, 6.45) is 1.83. The van der Waals surface area contributed by atoms with Gasteiger partial charge in [0.1, 0.15) is 17.1 Å². The molecule has 0 bridgehead atoms. The number of methoxy groups -OCH3 is 1. The number of nitrogens with zero attached hydrogens (tertiary/aromatic N) is 1. The van der Waals surface area contributed by atoms with E-state index in [9.17, 15) is 4.79 Å². The van der Waals surface area contributed by atoms with Gasteiger partial charge in [-0.25, -0.2) is 9.78 Å². The summed E-state index contributed by atoms with van der Waals surface area (Å²) in [4.78, 5) is 15.8. The molecule has 2 aromatic heterocycles. The third-order valence-corrected chi connectivity index (χ3v) is 3.59. The van der Waals surface area contributed by atoms with Crippen molar-refractivity contribution in [3.63, 3.8) is 0 Å². The second kappa shape index (κ2) is 5.93. The van der Waals surface area contributed by atoms with Gasteiger partial charge < -0.3 is 9.15 Å². The standard InChI is InChI=1S/C14H15NO3S/c1-9-4-5-13(15-7-9)19-8-11-6-12(10(2)18-11)14(16)17-3/h4-7H,8H2,1-3H3. The Kier molecular flexibility index (Phi) is 4.27. The van der Waals surface area contributed by atoms with Crippen LogP contribution >= 0.6 is 11.8 Å². The minimum atomic E-state index is -0.369. The number of furan rings is 1. The van der Waals surface area contributed by atoms with E-state index in [0.717, 1.165) is 16.3 Å². The van der Waals surface area contributed by atoms with Crippen LogP contribution in [0.25, 0.3) is 0 Å². The van der Waals surface area contributed by atoms with E-state index in [4.69, 9.17) is 4.42 Å². The molecule has 0 N–H and O–H groups in total. The number of carbonyl (C=O) groups excluding carboxylic acids is 1. The minimum Gasteiger partial charge on any atom is -0.465 e. The lowest BCUT2D eigenvalue weighted by molar-refractivity contribution is 0.0599. The lowest BCUT2D eigenvalue weighted by Crippen LogP contribution is -2.00. The topological polar surface area (TPSA) is 52.3 Å². The van der Waals surface area contributed by atoms with Gasteiger partial charge in [0.05, 0.1) is 17.9 Å². The van der Waals surface area contributed by atoms with Crippen molar-refractivity contribution in [2.45, 2.75) is 24.6 Å². The second-order valence-electron chi connectivity index (χ2n) is 4.14. The fourth-order valence-electron chi connectivity index (χ4n) is 1.61. The first kappa shape index (κ1) is 13.7. The van der Waals surface area contributed by atoms with Crippen LogP contribution in [-0.4, -0.2) is 18.1 Å². The average molecular weight is 277 g/mol. The fraction of sp³-hybridized carbons (Fsp3) is 0.286. The second-order valence-corrected chi connectivity index (χ2v) is 5.13. The Bertz CT molecular complexity index is 575. The summed E-state index contributed by atoms with van der Waals surface area (Å²) >= 11 is 1.57. The first-order valence-corrected chi connectivity index (χ1v) is 6.82. The van der Waals surface area contributed by atoms with Crippen LogP contribution in [0.1, 0.15) is 27.4 Å². The Morgan fingerprint density at radius 3 is 2.84 bits per heavy atom. The number of aromatic nitrogens is 1. The molecule has 100 valence electrons. The Labute approximate surface area is 116 Å². The van der Waals surface area contributed by atoms with E-state index in [1.165, 1.54) is 7.11 Å². The molecule has 0 aromatic carbocycles. The van der Waals surface area contributed by atoms with Crippen LogP contribution < -0.4 is 0 Å². The first-order valence-electron chi connectivity index (χ1n) is 5.83. The molecule has 2 rings (SSSR count). The molecule has 19 heavy (non-hydrogen) atoms. The van der Waals surface area contributed by atoms with Crippen LogP contribution in [0, 0.1) is 13.8 Å². The van der Waals surface area contributed by atoms with Gasteiger partial charge in [-0.2, -0.15) is 0 Å². The Balaban J connectivity index is 2.04. The number of pyridine rings is 1. The van der Waals surface area contributed by atoms with Crippen LogP contribution in [0.15, 0.2) is 33.8 Å². The maximum absolute atomic E-state index is 11.5. The minimum absolute atomic E-state index is 0.369. The van der Waals surface area contributed by atoms with Crippen molar-refractivity contribution in [3.05, 3.63) is 47.0 Å². The quantitative estimate of drug-likeness (QED) is 0.633. The summed E-state index contributed by atoms with van der Waals surface area (Å²) in [5.41, 5.74) is 1.61. The number of hydrogen-bond donors (Lipinski definition) is 0. The van der Waals surface area contributed by atoms with Gasteiger partial charge in [0.2, 0.25) is 0 Å². The first-order chi connectivity index (χ1) is 9.10. The summed E-state index contributed by atoms with van der Waals surface area (Å²) in [6.45, 7) is 3.75. The molecule has 0 unspecified atom stereocenters. The van der Waals surface area contributed by atoms with Gasteiger partial charge in [0.25, 0.3) is 0 Å². The molecule has 0 atom stereocenters. The number of ether oxygens (including phenoxy) is 1. The smallest absolute Gasteiger partial charge is 0.341 e. The highest BCUT2D eigenvalue weighted by Gasteiger charge is 2.15. The monoisotopic (exact) mass is 277 g/mol. The van der Waals surface area contributed by atoms with Crippen molar-refractivity contribution in [3.8, 4) is 0 Å². The molecule has 0 spiro atoms. The van der Waals surface area contributed by atoms with Crippen molar-refractivity contribution in [2.24, 2.45) is 0 Å². The van der Waals surface area contributed by atoms with E-state index >= 15 is 0 Å². The van der Waals surface area contributed by atoms with E-state index in [1.807, 2.05) is 25.3 Å². The molecule has 2 aromatic rings. The molecular weight excluding hydrogens is 262 g/mol. The van der Waals surface area contributed by atoms with E-state index in [0.29, 0.717) is 17.1 Å². The van der Waals surface area contributed by atoms with Crippen LogP contribution in [0.3, 0.4) is 0 Å².